The summed E-state index contributed by atoms with van der Waals surface area (Å²) in [5, 5.41) is 8.33. The Labute approximate surface area is 160 Å². The van der Waals surface area contributed by atoms with Gasteiger partial charge in [-0.15, -0.1) is 0 Å². The highest BCUT2D eigenvalue weighted by atomic mass is 15.1. The molecule has 3 heteroatoms. The van der Waals surface area contributed by atoms with Crippen LogP contribution in [0.1, 0.15) is 30.9 Å². The maximum atomic E-state index is 4.29. The van der Waals surface area contributed by atoms with Gasteiger partial charge in [0.05, 0.1) is 17.1 Å². The molecule has 0 N–H and O–H groups in total. The molecular weight excluding hydrogens is 330 g/mol. The molecule has 0 bridgehead atoms. The normalized spacial score (nSPS) is 11.1. The number of benzene rings is 2. The van der Waals surface area contributed by atoms with E-state index in [0.29, 0.717) is 5.92 Å². The van der Waals surface area contributed by atoms with Crippen LogP contribution in [-0.2, 0) is 0 Å². The summed E-state index contributed by atoms with van der Waals surface area (Å²) in [5.41, 5.74) is 8.23. The number of aromatic nitrogens is 3. The van der Waals surface area contributed by atoms with Crippen molar-refractivity contribution in [2.75, 3.05) is 0 Å². The van der Waals surface area contributed by atoms with Crippen LogP contribution >= 0.6 is 0 Å². The van der Waals surface area contributed by atoms with Gasteiger partial charge in [0.25, 0.3) is 0 Å². The molecule has 3 nitrogen and oxygen atoms in total. The second kappa shape index (κ2) is 7.20. The first-order valence-corrected chi connectivity index (χ1v) is 9.31. The molecule has 2 heterocycles. The van der Waals surface area contributed by atoms with Crippen molar-refractivity contribution in [3.05, 3.63) is 90.3 Å². The molecule has 4 aromatic rings. The molecule has 2 aromatic carbocycles. The minimum Gasteiger partial charge on any atom is -0.316 e. The number of aryl methyl sites for hydroxylation is 1. The summed E-state index contributed by atoms with van der Waals surface area (Å²) in [6, 6.07) is 23.2. The first kappa shape index (κ1) is 17.2. The van der Waals surface area contributed by atoms with Crippen LogP contribution < -0.4 is 0 Å². The van der Waals surface area contributed by atoms with E-state index in [-0.39, 0.29) is 0 Å². The van der Waals surface area contributed by atoms with Crippen molar-refractivity contribution >= 4 is 0 Å². The quantitative estimate of drug-likeness (QED) is 0.448. The zero-order chi connectivity index (χ0) is 18.8. The fraction of sp³-hybridized carbons (Fsp3) is 0.167. The van der Waals surface area contributed by atoms with E-state index in [4.69, 9.17) is 0 Å². The van der Waals surface area contributed by atoms with Crippen LogP contribution in [0.25, 0.3) is 28.2 Å². The Morgan fingerprint density at radius 2 is 1.67 bits per heavy atom. The van der Waals surface area contributed by atoms with Crippen LogP contribution in [0.4, 0.5) is 0 Å². The van der Waals surface area contributed by atoms with E-state index in [9.17, 15) is 0 Å². The third-order valence-corrected chi connectivity index (χ3v) is 4.88. The van der Waals surface area contributed by atoms with Crippen molar-refractivity contribution in [1.82, 2.24) is 14.8 Å². The van der Waals surface area contributed by atoms with Crippen molar-refractivity contribution < 1.29 is 0 Å². The molecule has 0 aliphatic heterocycles. The summed E-state index contributed by atoms with van der Waals surface area (Å²) in [5.74, 6) is 0.390. The average Bonchev–Trinajstić information content (AvgIpc) is 3.18. The van der Waals surface area contributed by atoms with E-state index in [1.165, 1.54) is 28.1 Å². The summed E-state index contributed by atoms with van der Waals surface area (Å²) < 4.78 is 2.31. The van der Waals surface area contributed by atoms with E-state index >= 15 is 0 Å². The van der Waals surface area contributed by atoms with Crippen LogP contribution in [0.5, 0.6) is 0 Å². The Hall–Kier alpha value is -3.20. The second-order valence-corrected chi connectivity index (χ2v) is 7.12. The first-order chi connectivity index (χ1) is 13.1. The zero-order valence-corrected chi connectivity index (χ0v) is 15.9. The molecule has 0 atom stereocenters. The molecular formula is C24H23N3. The van der Waals surface area contributed by atoms with Crippen LogP contribution in [-0.4, -0.2) is 14.8 Å². The number of hydrogen-bond acceptors (Lipinski definition) is 2. The summed E-state index contributed by atoms with van der Waals surface area (Å²) >= 11 is 0. The summed E-state index contributed by atoms with van der Waals surface area (Å²) in [6.07, 6.45) is 3.86. The maximum Gasteiger partial charge on any atom is 0.0929 e. The van der Waals surface area contributed by atoms with Crippen molar-refractivity contribution in [2.45, 2.75) is 26.7 Å². The third-order valence-electron chi connectivity index (χ3n) is 4.88. The van der Waals surface area contributed by atoms with Gasteiger partial charge in [0, 0.05) is 18.0 Å². The molecule has 0 radical (unpaired) electrons. The number of hydrogen-bond donors (Lipinski definition) is 0. The minimum absolute atomic E-state index is 0.390. The minimum atomic E-state index is 0.390. The molecule has 0 saturated heterocycles. The predicted molar refractivity (Wildman–Crippen MR) is 111 cm³/mol. The van der Waals surface area contributed by atoms with E-state index in [1.807, 2.05) is 12.1 Å². The highest BCUT2D eigenvalue weighted by Crippen LogP contribution is 2.34. The van der Waals surface area contributed by atoms with Gasteiger partial charge in [-0.1, -0.05) is 44.2 Å². The van der Waals surface area contributed by atoms with Crippen LogP contribution in [0.15, 0.2) is 79.1 Å². The monoisotopic (exact) mass is 353 g/mol. The Bertz CT molecular complexity index is 1050. The van der Waals surface area contributed by atoms with Crippen molar-refractivity contribution in [3.8, 4) is 28.2 Å². The SMILES string of the molecule is Cc1cc(-c2cccnn2)cc(C(C)C)c1-n1cccc1-c1ccccc1. The lowest BCUT2D eigenvalue weighted by Crippen LogP contribution is -2.05. The van der Waals surface area contributed by atoms with E-state index in [2.05, 4.69) is 96.3 Å². The molecule has 0 fully saturated rings. The van der Waals surface area contributed by atoms with Crippen molar-refractivity contribution in [2.24, 2.45) is 0 Å². The summed E-state index contributed by atoms with van der Waals surface area (Å²) in [7, 11) is 0. The second-order valence-electron chi connectivity index (χ2n) is 7.12. The van der Waals surface area contributed by atoms with Gasteiger partial charge in [0.15, 0.2) is 0 Å². The van der Waals surface area contributed by atoms with Gasteiger partial charge in [-0.2, -0.15) is 10.2 Å². The summed E-state index contributed by atoms with van der Waals surface area (Å²) in [6.45, 7) is 6.66. The molecule has 134 valence electrons. The molecule has 0 amide bonds. The van der Waals surface area contributed by atoms with E-state index < -0.39 is 0 Å². The van der Waals surface area contributed by atoms with Gasteiger partial charge in [0.2, 0.25) is 0 Å². The maximum absolute atomic E-state index is 4.29. The third kappa shape index (κ3) is 3.28. The lowest BCUT2D eigenvalue weighted by molar-refractivity contribution is 0.845. The topological polar surface area (TPSA) is 30.7 Å². The van der Waals surface area contributed by atoms with Gasteiger partial charge < -0.3 is 4.57 Å². The first-order valence-electron chi connectivity index (χ1n) is 9.31. The van der Waals surface area contributed by atoms with Crippen molar-refractivity contribution in [1.29, 1.82) is 0 Å². The standard InChI is InChI=1S/C24H23N3/c1-17(2)21-16-20(22-11-7-13-25-26-22)15-18(3)24(21)27-14-8-12-23(27)19-9-5-4-6-10-19/h4-17H,1-3H3. The van der Waals surface area contributed by atoms with Gasteiger partial charge >= 0.3 is 0 Å². The van der Waals surface area contributed by atoms with Gasteiger partial charge in [-0.05, 0) is 65.9 Å². The molecule has 0 aliphatic rings. The fourth-order valence-electron chi connectivity index (χ4n) is 3.60. The predicted octanol–water partition coefficient (Wildman–Crippen LogP) is 6.03. The molecule has 2 aromatic heterocycles. The Morgan fingerprint density at radius 1 is 0.852 bits per heavy atom. The number of nitrogens with zero attached hydrogens (tertiary/aromatic N) is 3. The van der Waals surface area contributed by atoms with Crippen LogP contribution in [0, 0.1) is 6.92 Å². The zero-order valence-electron chi connectivity index (χ0n) is 15.9. The Morgan fingerprint density at radius 3 is 2.37 bits per heavy atom. The molecule has 0 saturated carbocycles. The Kier molecular flexibility index (Phi) is 4.59. The van der Waals surface area contributed by atoms with Gasteiger partial charge in [0.1, 0.15) is 0 Å². The molecule has 27 heavy (non-hydrogen) atoms. The summed E-state index contributed by atoms with van der Waals surface area (Å²) in [4.78, 5) is 0. The lowest BCUT2D eigenvalue weighted by Gasteiger charge is -2.21. The largest absolute Gasteiger partial charge is 0.316 e. The molecule has 0 spiro atoms. The fourth-order valence-corrected chi connectivity index (χ4v) is 3.60. The van der Waals surface area contributed by atoms with E-state index in [1.54, 1.807) is 6.20 Å². The highest BCUT2D eigenvalue weighted by Gasteiger charge is 2.17. The van der Waals surface area contributed by atoms with Gasteiger partial charge in [-0.25, -0.2) is 0 Å². The Balaban J connectivity index is 1.91. The smallest absolute Gasteiger partial charge is 0.0929 e. The average molecular weight is 353 g/mol. The molecule has 4 rings (SSSR count). The highest BCUT2D eigenvalue weighted by molar-refractivity contribution is 5.70. The molecule has 0 unspecified atom stereocenters. The van der Waals surface area contributed by atoms with Gasteiger partial charge in [-0.3, -0.25) is 0 Å². The van der Waals surface area contributed by atoms with Crippen LogP contribution in [0.2, 0.25) is 0 Å². The lowest BCUT2D eigenvalue weighted by atomic mass is 9.93. The van der Waals surface area contributed by atoms with E-state index in [0.717, 1.165) is 11.3 Å². The van der Waals surface area contributed by atoms with Crippen LogP contribution in [0.3, 0.4) is 0 Å². The van der Waals surface area contributed by atoms with Crippen molar-refractivity contribution in [3.63, 3.8) is 0 Å². The molecule has 0 aliphatic carbocycles. The number of rotatable bonds is 4.